The van der Waals surface area contributed by atoms with E-state index in [0.717, 1.165) is 0 Å². The molecule has 4 heteroatoms. The Morgan fingerprint density at radius 3 is 2.07 bits per heavy atom. The van der Waals surface area contributed by atoms with Crippen molar-refractivity contribution >= 4 is 19.2 Å². The maximum absolute atomic E-state index is 11.3. The van der Waals surface area contributed by atoms with E-state index < -0.39 is 14.0 Å². The summed E-state index contributed by atoms with van der Waals surface area (Å²) >= 11 is 0. The molecule has 0 saturated heterocycles. The summed E-state index contributed by atoms with van der Waals surface area (Å²) in [5, 5.41) is 1.32. The molecule has 0 heterocycles. The van der Waals surface area contributed by atoms with Crippen LogP contribution in [-0.2, 0) is 9.78 Å². The van der Waals surface area contributed by atoms with Gasteiger partial charge in [-0.25, -0.2) is 4.79 Å². The highest BCUT2D eigenvalue weighted by atomic mass is 28.3. The average molecular weight is 224 g/mol. The zero-order valence-corrected chi connectivity index (χ0v) is 10.5. The maximum atomic E-state index is 11.3. The molecule has 1 aromatic rings. The molecular formula is C11H16O3Si. The fraction of sp³-hybridized carbons (Fsp3) is 0.364. The van der Waals surface area contributed by atoms with Crippen LogP contribution < -0.4 is 5.19 Å². The van der Waals surface area contributed by atoms with Gasteiger partial charge in [0, 0.05) is 0 Å². The molecule has 0 aliphatic carbocycles. The summed E-state index contributed by atoms with van der Waals surface area (Å²) in [6.45, 7) is 6.78. The molecule has 0 spiro atoms. The Hall–Kier alpha value is -1.13. The van der Waals surface area contributed by atoms with Crippen molar-refractivity contribution in [1.82, 2.24) is 0 Å². The van der Waals surface area contributed by atoms with E-state index in [1.54, 1.807) is 12.1 Å². The van der Waals surface area contributed by atoms with Gasteiger partial charge in [-0.15, -0.1) is 0 Å². The Kier molecular flexibility index (Phi) is 3.65. The fourth-order valence-electron chi connectivity index (χ4n) is 1.23. The molecule has 3 nitrogen and oxygen atoms in total. The van der Waals surface area contributed by atoms with Gasteiger partial charge in [0.2, 0.25) is 0 Å². The molecule has 0 unspecified atom stereocenters. The van der Waals surface area contributed by atoms with Crippen LogP contribution in [0.25, 0.3) is 0 Å². The van der Waals surface area contributed by atoms with Crippen molar-refractivity contribution in [3.63, 3.8) is 0 Å². The molecule has 1 aromatic carbocycles. The molecule has 0 aromatic heterocycles. The van der Waals surface area contributed by atoms with Gasteiger partial charge in [0.25, 0.3) is 0 Å². The molecule has 0 saturated carbocycles. The lowest BCUT2D eigenvalue weighted by atomic mass is 10.2. The summed E-state index contributed by atoms with van der Waals surface area (Å²) in [4.78, 5) is 20.0. The third-order valence-electron chi connectivity index (χ3n) is 2.15. The molecule has 15 heavy (non-hydrogen) atoms. The van der Waals surface area contributed by atoms with Gasteiger partial charge in [-0.3, -0.25) is 4.89 Å². The van der Waals surface area contributed by atoms with E-state index in [1.807, 2.05) is 12.1 Å². The second kappa shape index (κ2) is 4.59. The van der Waals surface area contributed by atoms with Gasteiger partial charge in [-0.05, 0) is 12.1 Å². The van der Waals surface area contributed by atoms with Crippen LogP contribution in [0.1, 0.15) is 10.4 Å². The van der Waals surface area contributed by atoms with Crippen LogP contribution in [-0.4, -0.2) is 21.2 Å². The Labute approximate surface area is 91.0 Å². The number of carbonyl (C=O) groups is 1. The van der Waals surface area contributed by atoms with Crippen LogP contribution in [0.2, 0.25) is 19.6 Å². The molecular weight excluding hydrogens is 208 g/mol. The first-order chi connectivity index (χ1) is 6.95. The molecule has 0 amide bonds. The summed E-state index contributed by atoms with van der Waals surface area (Å²) in [6.07, 6.45) is 0. The first kappa shape index (κ1) is 11.9. The lowest BCUT2D eigenvalue weighted by Gasteiger charge is -2.16. The van der Waals surface area contributed by atoms with E-state index in [0.29, 0.717) is 5.56 Å². The van der Waals surface area contributed by atoms with Crippen LogP contribution in [0.4, 0.5) is 0 Å². The average Bonchev–Trinajstić information content (AvgIpc) is 2.17. The summed E-state index contributed by atoms with van der Waals surface area (Å²) in [6, 6.07) is 7.51. The number of rotatable bonds is 3. The SMILES string of the molecule is COOC(=O)c1ccc([Si](C)(C)C)cc1. The first-order valence-electron chi connectivity index (χ1n) is 4.80. The van der Waals surface area contributed by atoms with Crippen molar-refractivity contribution in [2.75, 3.05) is 7.11 Å². The Balaban J connectivity index is 2.86. The molecule has 0 fully saturated rings. The third kappa shape index (κ3) is 3.18. The highest BCUT2D eigenvalue weighted by Crippen LogP contribution is 2.05. The zero-order valence-electron chi connectivity index (χ0n) is 9.53. The van der Waals surface area contributed by atoms with Gasteiger partial charge in [0.05, 0.1) is 20.7 Å². The minimum Gasteiger partial charge on any atom is -0.293 e. The Bertz CT molecular complexity index is 338. The van der Waals surface area contributed by atoms with E-state index in [2.05, 4.69) is 29.4 Å². The van der Waals surface area contributed by atoms with Crippen LogP contribution in [0.15, 0.2) is 24.3 Å². The Morgan fingerprint density at radius 2 is 1.67 bits per heavy atom. The third-order valence-corrected chi connectivity index (χ3v) is 4.21. The van der Waals surface area contributed by atoms with Gasteiger partial charge in [0.1, 0.15) is 0 Å². The highest BCUT2D eigenvalue weighted by molar-refractivity contribution is 6.88. The van der Waals surface area contributed by atoms with E-state index in [-0.39, 0.29) is 0 Å². The highest BCUT2D eigenvalue weighted by Gasteiger charge is 2.16. The predicted molar refractivity (Wildman–Crippen MR) is 61.8 cm³/mol. The van der Waals surface area contributed by atoms with Crippen LogP contribution in [0.5, 0.6) is 0 Å². The second-order valence-corrected chi connectivity index (χ2v) is 9.44. The van der Waals surface area contributed by atoms with Gasteiger partial charge < -0.3 is 0 Å². The molecule has 0 bridgehead atoms. The topological polar surface area (TPSA) is 35.5 Å². The largest absolute Gasteiger partial charge is 0.373 e. The van der Waals surface area contributed by atoms with E-state index in [1.165, 1.54) is 12.3 Å². The number of hydrogen-bond donors (Lipinski definition) is 0. The zero-order chi connectivity index (χ0) is 11.5. The van der Waals surface area contributed by atoms with Gasteiger partial charge in [0.15, 0.2) is 0 Å². The lowest BCUT2D eigenvalue weighted by Crippen LogP contribution is -2.37. The van der Waals surface area contributed by atoms with Crippen LogP contribution in [0, 0.1) is 0 Å². The minimum atomic E-state index is -1.29. The van der Waals surface area contributed by atoms with E-state index in [9.17, 15) is 4.79 Å². The monoisotopic (exact) mass is 224 g/mol. The number of hydrogen-bond acceptors (Lipinski definition) is 3. The summed E-state index contributed by atoms with van der Waals surface area (Å²) < 4.78 is 0. The molecule has 0 atom stereocenters. The molecule has 0 aliphatic heterocycles. The summed E-state index contributed by atoms with van der Waals surface area (Å²) in [5.74, 6) is -0.459. The van der Waals surface area contributed by atoms with Crippen LogP contribution >= 0.6 is 0 Å². The van der Waals surface area contributed by atoms with Crippen molar-refractivity contribution in [2.24, 2.45) is 0 Å². The normalized spacial score (nSPS) is 11.2. The summed E-state index contributed by atoms with van der Waals surface area (Å²) in [7, 11) is 0.0209. The van der Waals surface area contributed by atoms with Crippen molar-refractivity contribution in [1.29, 1.82) is 0 Å². The predicted octanol–water partition coefficient (Wildman–Crippen LogP) is 1.95. The molecule has 0 radical (unpaired) electrons. The minimum absolute atomic E-state index is 0.459. The van der Waals surface area contributed by atoms with E-state index >= 15 is 0 Å². The second-order valence-electron chi connectivity index (χ2n) is 4.36. The van der Waals surface area contributed by atoms with E-state index in [4.69, 9.17) is 0 Å². The number of carbonyl (C=O) groups excluding carboxylic acids is 1. The van der Waals surface area contributed by atoms with Gasteiger partial charge >= 0.3 is 5.97 Å². The lowest BCUT2D eigenvalue weighted by molar-refractivity contribution is -0.216. The van der Waals surface area contributed by atoms with Crippen molar-refractivity contribution in [3.05, 3.63) is 29.8 Å². The maximum Gasteiger partial charge on any atom is 0.373 e. The smallest absolute Gasteiger partial charge is 0.293 e. The van der Waals surface area contributed by atoms with Crippen molar-refractivity contribution in [3.8, 4) is 0 Å². The fourth-order valence-corrected chi connectivity index (χ4v) is 2.40. The van der Waals surface area contributed by atoms with Crippen LogP contribution in [0.3, 0.4) is 0 Å². The Morgan fingerprint density at radius 1 is 1.13 bits per heavy atom. The summed E-state index contributed by atoms with van der Waals surface area (Å²) in [5.41, 5.74) is 0.513. The first-order valence-corrected chi connectivity index (χ1v) is 8.30. The number of benzene rings is 1. The molecule has 82 valence electrons. The van der Waals surface area contributed by atoms with Crippen molar-refractivity contribution < 1.29 is 14.6 Å². The standard InChI is InChI=1S/C11H16O3Si/c1-13-14-11(12)9-5-7-10(8-6-9)15(2,3)4/h5-8H,1-4H3. The molecule has 1 rings (SSSR count). The van der Waals surface area contributed by atoms with Gasteiger partial charge in [-0.2, -0.15) is 4.89 Å². The van der Waals surface area contributed by atoms with Gasteiger partial charge in [-0.1, -0.05) is 37.0 Å². The quantitative estimate of drug-likeness (QED) is 0.447. The molecule has 0 aliphatic rings. The molecule has 0 N–H and O–H groups in total. The van der Waals surface area contributed by atoms with Crippen molar-refractivity contribution in [2.45, 2.75) is 19.6 Å².